The summed E-state index contributed by atoms with van der Waals surface area (Å²) in [6.07, 6.45) is 0. The first kappa shape index (κ1) is 14.5. The highest BCUT2D eigenvalue weighted by atomic mass is 19.2. The van der Waals surface area contributed by atoms with Gasteiger partial charge in [0.2, 0.25) is 0 Å². The molecule has 4 heteroatoms. The van der Waals surface area contributed by atoms with Gasteiger partial charge in [-0.05, 0) is 42.3 Å². The van der Waals surface area contributed by atoms with E-state index in [1.165, 1.54) is 6.07 Å². The van der Waals surface area contributed by atoms with E-state index in [-0.39, 0.29) is 6.04 Å². The fraction of sp³-hybridized carbons (Fsp3) is 0.250. The SMILES string of the molecule is COc1ccc(CNC(C)c2ccc(F)c(F)c2)cc1. The van der Waals surface area contributed by atoms with Crippen LogP contribution < -0.4 is 10.1 Å². The zero-order valence-corrected chi connectivity index (χ0v) is 11.5. The molecule has 0 spiro atoms. The number of hydrogen-bond donors (Lipinski definition) is 1. The maximum Gasteiger partial charge on any atom is 0.159 e. The number of halogens is 2. The molecule has 0 saturated heterocycles. The van der Waals surface area contributed by atoms with Crippen LogP contribution in [0.15, 0.2) is 42.5 Å². The third-order valence-corrected chi connectivity index (χ3v) is 3.22. The van der Waals surface area contributed by atoms with E-state index in [0.29, 0.717) is 6.54 Å². The molecule has 0 saturated carbocycles. The third-order valence-electron chi connectivity index (χ3n) is 3.22. The van der Waals surface area contributed by atoms with Crippen molar-refractivity contribution in [3.05, 3.63) is 65.2 Å². The Morgan fingerprint density at radius 2 is 1.75 bits per heavy atom. The van der Waals surface area contributed by atoms with E-state index >= 15 is 0 Å². The Hall–Kier alpha value is -1.94. The Labute approximate surface area is 117 Å². The van der Waals surface area contributed by atoms with Gasteiger partial charge >= 0.3 is 0 Å². The number of nitrogens with one attached hydrogen (secondary N) is 1. The molecule has 0 aliphatic heterocycles. The summed E-state index contributed by atoms with van der Waals surface area (Å²) < 4.78 is 31.1. The van der Waals surface area contributed by atoms with Crippen LogP contribution >= 0.6 is 0 Å². The van der Waals surface area contributed by atoms with Crippen LogP contribution in [0.25, 0.3) is 0 Å². The van der Waals surface area contributed by atoms with Crippen LogP contribution in [0.3, 0.4) is 0 Å². The second-order valence-electron chi connectivity index (χ2n) is 4.62. The minimum absolute atomic E-state index is 0.0628. The minimum Gasteiger partial charge on any atom is -0.497 e. The van der Waals surface area contributed by atoms with Crippen LogP contribution in [0, 0.1) is 11.6 Å². The first-order chi connectivity index (χ1) is 9.60. The molecule has 1 atom stereocenters. The molecule has 0 aromatic heterocycles. The highest BCUT2D eigenvalue weighted by Gasteiger charge is 2.08. The van der Waals surface area contributed by atoms with Crippen LogP contribution in [0.1, 0.15) is 24.1 Å². The van der Waals surface area contributed by atoms with Crippen molar-refractivity contribution in [3.8, 4) is 5.75 Å². The van der Waals surface area contributed by atoms with Gasteiger partial charge in [-0.3, -0.25) is 0 Å². The molecule has 0 aliphatic rings. The Morgan fingerprint density at radius 3 is 2.35 bits per heavy atom. The van der Waals surface area contributed by atoms with Gasteiger partial charge < -0.3 is 10.1 Å². The van der Waals surface area contributed by atoms with Gasteiger partial charge in [0.05, 0.1) is 7.11 Å². The quantitative estimate of drug-likeness (QED) is 0.897. The maximum absolute atomic E-state index is 13.2. The van der Waals surface area contributed by atoms with Crippen molar-refractivity contribution in [1.29, 1.82) is 0 Å². The molecule has 0 fully saturated rings. The molecule has 1 unspecified atom stereocenters. The summed E-state index contributed by atoms with van der Waals surface area (Å²) in [5.74, 6) is -0.834. The van der Waals surface area contributed by atoms with Crippen LogP contribution in [-0.4, -0.2) is 7.11 Å². The van der Waals surface area contributed by atoms with Gasteiger partial charge in [-0.2, -0.15) is 0 Å². The lowest BCUT2D eigenvalue weighted by Gasteiger charge is -2.14. The lowest BCUT2D eigenvalue weighted by Crippen LogP contribution is -2.18. The first-order valence-electron chi connectivity index (χ1n) is 6.41. The molecular weight excluding hydrogens is 260 g/mol. The summed E-state index contributed by atoms with van der Waals surface area (Å²) in [4.78, 5) is 0. The Bertz CT molecular complexity index is 569. The topological polar surface area (TPSA) is 21.3 Å². The standard InChI is InChI=1S/C16H17F2NO/c1-11(13-5-8-15(17)16(18)9-13)19-10-12-3-6-14(20-2)7-4-12/h3-9,11,19H,10H2,1-2H3. The molecular formula is C16H17F2NO. The molecule has 0 heterocycles. The van der Waals surface area contributed by atoms with Crippen molar-refractivity contribution in [2.45, 2.75) is 19.5 Å². The fourth-order valence-electron chi connectivity index (χ4n) is 1.91. The molecule has 2 nitrogen and oxygen atoms in total. The van der Waals surface area contributed by atoms with Crippen LogP contribution in [0.5, 0.6) is 5.75 Å². The number of hydrogen-bond acceptors (Lipinski definition) is 2. The van der Waals surface area contributed by atoms with Gasteiger partial charge in [0, 0.05) is 12.6 Å². The van der Waals surface area contributed by atoms with E-state index in [1.54, 1.807) is 13.2 Å². The van der Waals surface area contributed by atoms with Gasteiger partial charge in [0.25, 0.3) is 0 Å². The monoisotopic (exact) mass is 277 g/mol. The molecule has 20 heavy (non-hydrogen) atoms. The summed E-state index contributed by atoms with van der Waals surface area (Å²) >= 11 is 0. The van der Waals surface area contributed by atoms with E-state index in [4.69, 9.17) is 4.74 Å². The van der Waals surface area contributed by atoms with Crippen molar-refractivity contribution in [2.75, 3.05) is 7.11 Å². The molecule has 2 aromatic rings. The second-order valence-corrected chi connectivity index (χ2v) is 4.62. The van der Waals surface area contributed by atoms with Crippen molar-refractivity contribution in [3.63, 3.8) is 0 Å². The number of methoxy groups -OCH3 is 1. The summed E-state index contributed by atoms with van der Waals surface area (Å²) in [5, 5.41) is 3.27. The number of rotatable bonds is 5. The number of ether oxygens (including phenoxy) is 1. The predicted octanol–water partition coefficient (Wildman–Crippen LogP) is 3.82. The van der Waals surface area contributed by atoms with E-state index in [2.05, 4.69) is 5.32 Å². The molecule has 0 aliphatic carbocycles. The maximum atomic E-state index is 13.2. The average Bonchev–Trinajstić information content (AvgIpc) is 2.48. The van der Waals surface area contributed by atoms with Gasteiger partial charge in [0.15, 0.2) is 11.6 Å². The predicted molar refractivity (Wildman–Crippen MR) is 74.6 cm³/mol. The number of benzene rings is 2. The van der Waals surface area contributed by atoms with Crippen molar-refractivity contribution in [2.24, 2.45) is 0 Å². The molecule has 0 amide bonds. The normalized spacial score (nSPS) is 12.2. The zero-order valence-electron chi connectivity index (χ0n) is 11.5. The fourth-order valence-corrected chi connectivity index (χ4v) is 1.91. The van der Waals surface area contributed by atoms with Crippen LogP contribution in [0.4, 0.5) is 8.78 Å². The van der Waals surface area contributed by atoms with E-state index in [9.17, 15) is 8.78 Å². The van der Waals surface area contributed by atoms with Gasteiger partial charge in [-0.25, -0.2) is 8.78 Å². The second kappa shape index (κ2) is 6.48. The molecule has 2 aromatic carbocycles. The van der Waals surface area contributed by atoms with E-state index < -0.39 is 11.6 Å². The average molecular weight is 277 g/mol. The van der Waals surface area contributed by atoms with Crippen LogP contribution in [0.2, 0.25) is 0 Å². The van der Waals surface area contributed by atoms with Crippen molar-refractivity contribution in [1.82, 2.24) is 5.32 Å². The summed E-state index contributed by atoms with van der Waals surface area (Å²) in [7, 11) is 1.62. The zero-order chi connectivity index (χ0) is 14.5. The van der Waals surface area contributed by atoms with Gasteiger partial charge in [0.1, 0.15) is 5.75 Å². The molecule has 0 radical (unpaired) electrons. The Balaban J connectivity index is 1.96. The smallest absolute Gasteiger partial charge is 0.159 e. The summed E-state index contributed by atoms with van der Waals surface area (Å²) in [6, 6.07) is 11.6. The van der Waals surface area contributed by atoms with E-state index in [0.717, 1.165) is 22.9 Å². The van der Waals surface area contributed by atoms with Gasteiger partial charge in [-0.1, -0.05) is 18.2 Å². The molecule has 2 rings (SSSR count). The van der Waals surface area contributed by atoms with Crippen molar-refractivity contribution >= 4 is 0 Å². The highest BCUT2D eigenvalue weighted by Crippen LogP contribution is 2.17. The third kappa shape index (κ3) is 3.54. The Morgan fingerprint density at radius 1 is 1.05 bits per heavy atom. The lowest BCUT2D eigenvalue weighted by molar-refractivity contribution is 0.414. The largest absolute Gasteiger partial charge is 0.497 e. The first-order valence-corrected chi connectivity index (χ1v) is 6.41. The molecule has 0 bridgehead atoms. The van der Waals surface area contributed by atoms with Crippen molar-refractivity contribution < 1.29 is 13.5 Å². The summed E-state index contributed by atoms with van der Waals surface area (Å²) in [6.45, 7) is 2.56. The van der Waals surface area contributed by atoms with Gasteiger partial charge in [-0.15, -0.1) is 0 Å². The highest BCUT2D eigenvalue weighted by molar-refractivity contribution is 5.27. The lowest BCUT2D eigenvalue weighted by atomic mass is 10.1. The van der Waals surface area contributed by atoms with Crippen LogP contribution in [-0.2, 0) is 6.54 Å². The summed E-state index contributed by atoms with van der Waals surface area (Å²) in [5.41, 5.74) is 1.82. The van der Waals surface area contributed by atoms with E-state index in [1.807, 2.05) is 31.2 Å². The molecule has 106 valence electrons. The molecule has 1 N–H and O–H groups in total. The minimum atomic E-state index is -0.823. The Kier molecular flexibility index (Phi) is 4.69.